The topological polar surface area (TPSA) is 75.6 Å². The average Bonchev–Trinajstić information content (AvgIpc) is 2.49. The van der Waals surface area contributed by atoms with Gasteiger partial charge in [-0.15, -0.1) is 19.8 Å². The van der Waals surface area contributed by atoms with Crippen LogP contribution in [0.3, 0.4) is 0 Å². The van der Waals surface area contributed by atoms with Gasteiger partial charge in [-0.1, -0.05) is 18.2 Å². The Labute approximate surface area is 137 Å². The smallest absolute Gasteiger partial charge is 0.480 e. The van der Waals surface area contributed by atoms with Crippen LogP contribution in [0.15, 0.2) is 36.9 Å². The molecule has 0 heterocycles. The summed E-state index contributed by atoms with van der Waals surface area (Å²) in [4.78, 5) is 22.8. The minimum atomic E-state index is -4.75. The molecule has 1 unspecified atom stereocenters. The van der Waals surface area contributed by atoms with Crippen LogP contribution in [0.1, 0.15) is 24.8 Å². The van der Waals surface area contributed by atoms with Gasteiger partial charge in [0.2, 0.25) is 5.91 Å². The number of benzene rings is 1. The number of carbonyl (C=O) groups excluding carboxylic acids is 1. The number of alkyl halides is 3. The molecule has 132 valence electrons. The first kappa shape index (κ1) is 19.5. The maximum absolute atomic E-state index is 12.0. The van der Waals surface area contributed by atoms with Gasteiger partial charge in [0.05, 0.1) is 0 Å². The van der Waals surface area contributed by atoms with Gasteiger partial charge in [-0.2, -0.15) is 0 Å². The molecule has 0 aliphatic rings. The molecular weight excluding hydrogens is 327 g/mol. The van der Waals surface area contributed by atoms with Gasteiger partial charge in [0.15, 0.2) is 0 Å². The van der Waals surface area contributed by atoms with Crippen molar-refractivity contribution in [2.24, 2.45) is 0 Å². The van der Waals surface area contributed by atoms with E-state index >= 15 is 0 Å². The number of halogens is 3. The maximum Gasteiger partial charge on any atom is 0.573 e. The van der Waals surface area contributed by atoms with Crippen LogP contribution in [0, 0.1) is 0 Å². The van der Waals surface area contributed by atoms with Gasteiger partial charge in [-0.25, -0.2) is 4.79 Å². The first-order chi connectivity index (χ1) is 11.2. The number of carbonyl (C=O) groups is 2. The lowest BCUT2D eigenvalue weighted by atomic mass is 10.1. The largest absolute Gasteiger partial charge is 0.573 e. The van der Waals surface area contributed by atoms with E-state index in [1.54, 1.807) is 6.08 Å². The van der Waals surface area contributed by atoms with Crippen molar-refractivity contribution in [1.82, 2.24) is 5.32 Å². The highest BCUT2D eigenvalue weighted by Gasteiger charge is 2.30. The highest BCUT2D eigenvalue weighted by atomic mass is 19.4. The molecular formula is C16H18F3NO4. The van der Waals surface area contributed by atoms with Gasteiger partial charge in [0, 0.05) is 6.42 Å². The Hall–Kier alpha value is -2.51. The summed E-state index contributed by atoms with van der Waals surface area (Å²) >= 11 is 0. The first-order valence-corrected chi connectivity index (χ1v) is 7.19. The minimum Gasteiger partial charge on any atom is -0.480 e. The average molecular weight is 345 g/mol. The van der Waals surface area contributed by atoms with Crippen molar-refractivity contribution in [1.29, 1.82) is 0 Å². The van der Waals surface area contributed by atoms with Crippen LogP contribution in [-0.4, -0.2) is 29.4 Å². The van der Waals surface area contributed by atoms with E-state index in [2.05, 4.69) is 16.6 Å². The molecule has 1 amide bonds. The SMILES string of the molecule is C=CCCC(NC(=O)CCc1ccc(OC(F)(F)F)cc1)C(=O)O. The monoisotopic (exact) mass is 345 g/mol. The lowest BCUT2D eigenvalue weighted by Gasteiger charge is -2.13. The van der Waals surface area contributed by atoms with E-state index in [9.17, 15) is 22.8 Å². The Balaban J connectivity index is 2.48. The second kappa shape index (κ2) is 8.95. The van der Waals surface area contributed by atoms with Gasteiger partial charge < -0.3 is 15.2 Å². The van der Waals surface area contributed by atoms with E-state index in [0.717, 1.165) is 12.1 Å². The zero-order chi connectivity index (χ0) is 18.2. The Morgan fingerprint density at radius 2 is 1.92 bits per heavy atom. The van der Waals surface area contributed by atoms with E-state index in [1.165, 1.54) is 12.1 Å². The van der Waals surface area contributed by atoms with E-state index in [0.29, 0.717) is 12.0 Å². The molecule has 1 rings (SSSR count). The van der Waals surface area contributed by atoms with Gasteiger partial charge in [0.1, 0.15) is 11.8 Å². The summed E-state index contributed by atoms with van der Waals surface area (Å²) in [6.07, 6.45) is -2.19. The van der Waals surface area contributed by atoms with Crippen LogP contribution >= 0.6 is 0 Å². The molecule has 0 saturated heterocycles. The molecule has 24 heavy (non-hydrogen) atoms. The van der Waals surface area contributed by atoms with Crippen molar-refractivity contribution in [2.45, 2.75) is 38.1 Å². The Morgan fingerprint density at radius 3 is 2.42 bits per heavy atom. The van der Waals surface area contributed by atoms with E-state index in [-0.39, 0.29) is 25.0 Å². The lowest BCUT2D eigenvalue weighted by Crippen LogP contribution is -2.40. The molecule has 0 aliphatic carbocycles. The van der Waals surface area contributed by atoms with Crippen molar-refractivity contribution < 1.29 is 32.6 Å². The van der Waals surface area contributed by atoms with Crippen molar-refractivity contribution >= 4 is 11.9 Å². The zero-order valence-corrected chi connectivity index (χ0v) is 12.8. The van der Waals surface area contributed by atoms with Crippen molar-refractivity contribution in [2.75, 3.05) is 0 Å². The first-order valence-electron chi connectivity index (χ1n) is 7.19. The lowest BCUT2D eigenvalue weighted by molar-refractivity contribution is -0.274. The van der Waals surface area contributed by atoms with Crippen LogP contribution in [0.4, 0.5) is 13.2 Å². The number of ether oxygens (including phenoxy) is 1. The van der Waals surface area contributed by atoms with Gasteiger partial charge in [0.25, 0.3) is 0 Å². The second-order valence-electron chi connectivity index (χ2n) is 5.02. The Kier molecular flexibility index (Phi) is 7.29. The molecule has 0 bridgehead atoms. The second-order valence-corrected chi connectivity index (χ2v) is 5.02. The van der Waals surface area contributed by atoms with Crippen LogP contribution in [0.2, 0.25) is 0 Å². The number of carboxylic acid groups (broad SMARTS) is 1. The summed E-state index contributed by atoms with van der Waals surface area (Å²) < 4.78 is 39.9. The fourth-order valence-electron chi connectivity index (χ4n) is 1.92. The maximum atomic E-state index is 12.0. The standard InChI is InChI=1S/C16H18F3NO4/c1-2-3-4-13(15(22)23)20-14(21)10-7-11-5-8-12(9-6-11)24-16(17,18)19/h2,5-6,8-9,13H,1,3-4,7,10H2,(H,20,21)(H,22,23). The fraction of sp³-hybridized carbons (Fsp3) is 0.375. The molecule has 8 heteroatoms. The Bertz CT molecular complexity index is 570. The van der Waals surface area contributed by atoms with Crippen molar-refractivity contribution in [3.8, 4) is 5.75 Å². The number of aryl methyl sites for hydroxylation is 1. The van der Waals surface area contributed by atoms with Crippen molar-refractivity contribution in [3.63, 3.8) is 0 Å². The molecule has 0 radical (unpaired) electrons. The highest BCUT2D eigenvalue weighted by molar-refractivity contribution is 5.83. The van der Waals surface area contributed by atoms with Gasteiger partial charge in [-0.05, 0) is 37.0 Å². The van der Waals surface area contributed by atoms with Crippen molar-refractivity contribution in [3.05, 3.63) is 42.5 Å². The quantitative estimate of drug-likeness (QED) is 0.675. The number of allylic oxidation sites excluding steroid dienone is 1. The number of hydrogen-bond donors (Lipinski definition) is 2. The number of rotatable bonds is 9. The highest BCUT2D eigenvalue weighted by Crippen LogP contribution is 2.23. The molecule has 1 aromatic rings. The Morgan fingerprint density at radius 1 is 1.29 bits per heavy atom. The van der Waals surface area contributed by atoms with Gasteiger partial charge >= 0.3 is 12.3 Å². The number of carboxylic acids is 1. The fourth-order valence-corrected chi connectivity index (χ4v) is 1.92. The van der Waals surface area contributed by atoms with Gasteiger partial charge in [-0.3, -0.25) is 4.79 Å². The minimum absolute atomic E-state index is 0.0251. The molecule has 2 N–H and O–H groups in total. The summed E-state index contributed by atoms with van der Waals surface area (Å²) in [5, 5.41) is 11.4. The number of hydrogen-bond acceptors (Lipinski definition) is 3. The summed E-state index contributed by atoms with van der Waals surface area (Å²) in [7, 11) is 0. The molecule has 1 atom stereocenters. The third-order valence-electron chi connectivity index (χ3n) is 3.09. The van der Waals surface area contributed by atoms with Crippen LogP contribution < -0.4 is 10.1 Å². The van der Waals surface area contributed by atoms with E-state index in [4.69, 9.17) is 5.11 Å². The number of aliphatic carboxylic acids is 1. The molecule has 0 fully saturated rings. The predicted molar refractivity (Wildman–Crippen MR) is 80.4 cm³/mol. The third-order valence-corrected chi connectivity index (χ3v) is 3.09. The summed E-state index contributed by atoms with van der Waals surface area (Å²) in [6, 6.07) is 4.16. The number of amides is 1. The zero-order valence-electron chi connectivity index (χ0n) is 12.8. The molecule has 0 aliphatic heterocycles. The third kappa shape index (κ3) is 7.66. The summed E-state index contributed by atoms with van der Waals surface area (Å²) in [5.74, 6) is -1.91. The normalized spacial score (nSPS) is 12.3. The van der Waals surface area contributed by atoms with Crippen LogP contribution in [0.25, 0.3) is 0 Å². The van der Waals surface area contributed by atoms with E-state index < -0.39 is 24.3 Å². The molecule has 0 spiro atoms. The van der Waals surface area contributed by atoms with E-state index in [1.807, 2.05) is 0 Å². The molecule has 0 aromatic heterocycles. The predicted octanol–water partition coefficient (Wildman–Crippen LogP) is 3.05. The molecule has 1 aromatic carbocycles. The number of nitrogens with one attached hydrogen (secondary N) is 1. The van der Waals surface area contributed by atoms with Crippen LogP contribution in [0.5, 0.6) is 5.75 Å². The molecule has 5 nitrogen and oxygen atoms in total. The van der Waals surface area contributed by atoms with Crippen LogP contribution in [-0.2, 0) is 16.0 Å². The molecule has 0 saturated carbocycles. The summed E-state index contributed by atoms with van der Waals surface area (Å²) in [5.41, 5.74) is 0.637. The summed E-state index contributed by atoms with van der Waals surface area (Å²) in [6.45, 7) is 3.49.